The molecule has 3 rings (SSSR count). The molecule has 6 heteroatoms. The smallest absolute Gasteiger partial charge is 0.252 e. The van der Waals surface area contributed by atoms with E-state index in [4.69, 9.17) is 0 Å². The Morgan fingerprint density at radius 2 is 1.88 bits per heavy atom. The second kappa shape index (κ2) is 6.69. The summed E-state index contributed by atoms with van der Waals surface area (Å²) in [6.07, 6.45) is 6.23. The molecule has 5 nitrogen and oxygen atoms in total. The maximum absolute atomic E-state index is 12.4. The molecule has 1 aromatic heterocycles. The molecule has 1 aliphatic carbocycles. The van der Waals surface area contributed by atoms with Crippen LogP contribution < -0.4 is 5.56 Å². The first-order valence-corrected chi connectivity index (χ1v) is 10.3. The van der Waals surface area contributed by atoms with Gasteiger partial charge in [0, 0.05) is 23.7 Å². The van der Waals surface area contributed by atoms with E-state index < -0.39 is 10.0 Å². The van der Waals surface area contributed by atoms with Crippen molar-refractivity contribution in [2.24, 2.45) is 0 Å². The molecule has 0 aliphatic heterocycles. The van der Waals surface area contributed by atoms with Crippen LogP contribution in [0.5, 0.6) is 0 Å². The molecule has 1 aliphatic rings. The Hall–Kier alpha value is -1.66. The van der Waals surface area contributed by atoms with E-state index in [1.807, 2.05) is 31.2 Å². The van der Waals surface area contributed by atoms with Gasteiger partial charge in [0.2, 0.25) is 10.0 Å². The molecule has 1 saturated carbocycles. The van der Waals surface area contributed by atoms with Gasteiger partial charge in [-0.15, -0.1) is 0 Å². The molecule has 2 aromatic rings. The highest BCUT2D eigenvalue weighted by molar-refractivity contribution is 7.88. The molecule has 1 fully saturated rings. The molecule has 0 atom stereocenters. The summed E-state index contributed by atoms with van der Waals surface area (Å²) < 4.78 is 26.0. The molecule has 0 bridgehead atoms. The molecule has 1 heterocycles. The van der Waals surface area contributed by atoms with Crippen molar-refractivity contribution in [1.29, 1.82) is 0 Å². The molecule has 1 N–H and O–H groups in total. The minimum Gasteiger partial charge on any atom is -0.322 e. The number of aromatic amines is 1. The number of aryl methyl sites for hydroxylation is 1. The average molecular weight is 348 g/mol. The molecule has 0 radical (unpaired) electrons. The van der Waals surface area contributed by atoms with Crippen molar-refractivity contribution in [2.75, 3.05) is 6.26 Å². The molecule has 24 heavy (non-hydrogen) atoms. The highest BCUT2D eigenvalue weighted by Crippen LogP contribution is 2.26. The van der Waals surface area contributed by atoms with Gasteiger partial charge < -0.3 is 4.98 Å². The second-order valence-corrected chi connectivity index (χ2v) is 8.75. The van der Waals surface area contributed by atoms with Gasteiger partial charge in [0.1, 0.15) is 0 Å². The number of fused-ring (bicyclic) bond motifs is 1. The van der Waals surface area contributed by atoms with Crippen LogP contribution in [-0.2, 0) is 16.6 Å². The van der Waals surface area contributed by atoms with Crippen molar-refractivity contribution in [1.82, 2.24) is 9.29 Å². The summed E-state index contributed by atoms with van der Waals surface area (Å²) >= 11 is 0. The van der Waals surface area contributed by atoms with Gasteiger partial charge in [-0.2, -0.15) is 4.31 Å². The van der Waals surface area contributed by atoms with Crippen molar-refractivity contribution in [3.63, 3.8) is 0 Å². The van der Waals surface area contributed by atoms with Crippen LogP contribution in [0.1, 0.15) is 43.2 Å². The zero-order chi connectivity index (χ0) is 17.3. The summed E-state index contributed by atoms with van der Waals surface area (Å²) in [6, 6.07) is 7.68. The standard InChI is InChI=1S/C18H24N2O3S/c1-13-8-9-14-11-15(18(21)19-17(14)10-13)12-20(24(2,22)23)16-6-4-3-5-7-16/h8-11,16H,3-7,12H2,1-2H3,(H,19,21). The van der Waals surface area contributed by atoms with E-state index in [1.54, 1.807) is 0 Å². The van der Waals surface area contributed by atoms with Crippen molar-refractivity contribution in [3.8, 4) is 0 Å². The minimum absolute atomic E-state index is 0.00173. The van der Waals surface area contributed by atoms with Crippen molar-refractivity contribution in [2.45, 2.75) is 51.6 Å². The van der Waals surface area contributed by atoms with Crippen LogP contribution >= 0.6 is 0 Å². The Balaban J connectivity index is 1.97. The second-order valence-electron chi connectivity index (χ2n) is 6.81. The van der Waals surface area contributed by atoms with E-state index >= 15 is 0 Å². The molecule has 0 amide bonds. The Bertz CT molecular complexity index is 896. The van der Waals surface area contributed by atoms with Gasteiger partial charge in [-0.3, -0.25) is 4.79 Å². The Morgan fingerprint density at radius 1 is 1.17 bits per heavy atom. The topological polar surface area (TPSA) is 70.2 Å². The third kappa shape index (κ3) is 3.70. The van der Waals surface area contributed by atoms with Crippen LogP contribution in [0, 0.1) is 6.92 Å². The molecule has 1 aromatic carbocycles. The third-order valence-corrected chi connectivity index (χ3v) is 6.09. The number of hydrogen-bond donors (Lipinski definition) is 1. The Morgan fingerprint density at radius 3 is 2.54 bits per heavy atom. The zero-order valence-electron chi connectivity index (χ0n) is 14.2. The lowest BCUT2D eigenvalue weighted by Gasteiger charge is -2.32. The van der Waals surface area contributed by atoms with Gasteiger partial charge in [-0.05, 0) is 42.8 Å². The SMILES string of the molecule is Cc1ccc2cc(CN(C3CCCCC3)S(C)(=O)=O)c(=O)[nH]c2c1. The first-order valence-electron chi connectivity index (χ1n) is 8.44. The van der Waals surface area contributed by atoms with Crippen LogP contribution in [-0.4, -0.2) is 30.0 Å². The van der Waals surface area contributed by atoms with Gasteiger partial charge in [0.15, 0.2) is 0 Å². The number of benzene rings is 1. The molecular formula is C18H24N2O3S. The number of hydrogen-bond acceptors (Lipinski definition) is 3. The fourth-order valence-electron chi connectivity index (χ4n) is 3.53. The van der Waals surface area contributed by atoms with E-state index in [-0.39, 0.29) is 18.1 Å². The monoisotopic (exact) mass is 348 g/mol. The number of nitrogens with zero attached hydrogens (tertiary/aromatic N) is 1. The summed E-state index contributed by atoms with van der Waals surface area (Å²) in [5.41, 5.74) is 2.15. The lowest BCUT2D eigenvalue weighted by molar-refractivity contribution is 0.248. The normalized spacial score (nSPS) is 16.8. The summed E-state index contributed by atoms with van der Waals surface area (Å²) in [5, 5.41) is 0.923. The largest absolute Gasteiger partial charge is 0.322 e. The van der Waals surface area contributed by atoms with E-state index in [1.165, 1.54) is 10.6 Å². The average Bonchev–Trinajstić information content (AvgIpc) is 2.52. The number of rotatable bonds is 4. The van der Waals surface area contributed by atoms with Crippen molar-refractivity contribution < 1.29 is 8.42 Å². The van der Waals surface area contributed by atoms with Gasteiger partial charge >= 0.3 is 0 Å². The summed E-state index contributed by atoms with van der Waals surface area (Å²) in [7, 11) is -3.36. The Labute approximate surface area is 142 Å². The molecule has 0 unspecified atom stereocenters. The number of H-pyrrole nitrogens is 1. The van der Waals surface area contributed by atoms with Crippen LogP contribution in [0.25, 0.3) is 10.9 Å². The fraction of sp³-hybridized carbons (Fsp3) is 0.500. The molecular weight excluding hydrogens is 324 g/mol. The number of pyridine rings is 1. The van der Waals surface area contributed by atoms with Crippen LogP contribution in [0.3, 0.4) is 0 Å². The van der Waals surface area contributed by atoms with E-state index in [9.17, 15) is 13.2 Å². The van der Waals surface area contributed by atoms with Gasteiger partial charge in [-0.1, -0.05) is 31.4 Å². The molecule has 0 saturated heterocycles. The summed E-state index contributed by atoms with van der Waals surface area (Å²) in [6.45, 7) is 2.11. The van der Waals surface area contributed by atoms with Gasteiger partial charge in [0.05, 0.1) is 6.26 Å². The van der Waals surface area contributed by atoms with E-state index in [0.717, 1.165) is 48.6 Å². The summed E-state index contributed by atoms with van der Waals surface area (Å²) in [4.78, 5) is 15.3. The minimum atomic E-state index is -3.36. The van der Waals surface area contributed by atoms with Crippen molar-refractivity contribution >= 4 is 20.9 Å². The zero-order valence-corrected chi connectivity index (χ0v) is 15.0. The maximum Gasteiger partial charge on any atom is 0.252 e. The highest BCUT2D eigenvalue weighted by atomic mass is 32.2. The molecule has 0 spiro atoms. The molecule has 130 valence electrons. The predicted molar refractivity (Wildman–Crippen MR) is 96.6 cm³/mol. The quantitative estimate of drug-likeness (QED) is 0.923. The van der Waals surface area contributed by atoms with Crippen LogP contribution in [0.15, 0.2) is 29.1 Å². The lowest BCUT2D eigenvalue weighted by atomic mass is 9.95. The maximum atomic E-state index is 12.4. The van der Waals surface area contributed by atoms with Crippen molar-refractivity contribution in [3.05, 3.63) is 45.7 Å². The van der Waals surface area contributed by atoms with Gasteiger partial charge in [-0.25, -0.2) is 8.42 Å². The summed E-state index contributed by atoms with van der Waals surface area (Å²) in [5.74, 6) is 0. The highest BCUT2D eigenvalue weighted by Gasteiger charge is 2.28. The van der Waals surface area contributed by atoms with Gasteiger partial charge in [0.25, 0.3) is 5.56 Å². The lowest BCUT2D eigenvalue weighted by Crippen LogP contribution is -2.41. The van der Waals surface area contributed by atoms with Crippen LogP contribution in [0.2, 0.25) is 0 Å². The fourth-order valence-corrected chi connectivity index (χ4v) is 4.66. The number of nitrogens with one attached hydrogen (secondary N) is 1. The number of sulfonamides is 1. The number of aromatic nitrogens is 1. The van der Waals surface area contributed by atoms with Crippen LogP contribution in [0.4, 0.5) is 0 Å². The Kier molecular flexibility index (Phi) is 4.78. The predicted octanol–water partition coefficient (Wildman–Crippen LogP) is 2.93. The first kappa shape index (κ1) is 17.2. The van der Waals surface area contributed by atoms with E-state index in [2.05, 4.69) is 4.98 Å². The third-order valence-electron chi connectivity index (χ3n) is 4.81. The first-order chi connectivity index (χ1) is 11.3. The van der Waals surface area contributed by atoms with E-state index in [0.29, 0.717) is 5.56 Å².